The maximum atomic E-state index is 8.89. The lowest BCUT2D eigenvalue weighted by Gasteiger charge is -1.77. The summed E-state index contributed by atoms with van der Waals surface area (Å²) in [5, 5.41) is 35.6. The van der Waals surface area contributed by atoms with Gasteiger partial charge in [0.1, 0.15) is 0 Å². The van der Waals surface area contributed by atoms with E-state index in [0.29, 0.717) is 0 Å². The summed E-state index contributed by atoms with van der Waals surface area (Å²) < 4.78 is 0. The Bertz CT molecular complexity index is 158. The van der Waals surface area contributed by atoms with Crippen LogP contribution >= 0.6 is 0 Å². The largest absolute Gasteiger partial charge is 0.550 e. The number of hydrogen-bond donors (Lipinski definition) is 0. The summed E-state index contributed by atoms with van der Waals surface area (Å²) in [6.45, 7) is 7.89. The summed E-state index contributed by atoms with van der Waals surface area (Å²) >= 11 is 0. The number of carbonyl (C=O) groups is 4. The second-order valence-corrected chi connectivity index (χ2v) is 1.97. The smallest absolute Gasteiger partial charge is 0.0383 e. The maximum Gasteiger partial charge on any atom is 0.0383 e. The summed E-state index contributed by atoms with van der Waals surface area (Å²) in [4.78, 5) is 35.6. The van der Waals surface area contributed by atoms with E-state index in [1.54, 1.807) is 0 Å². The van der Waals surface area contributed by atoms with Crippen molar-refractivity contribution in [2.45, 2.75) is 41.5 Å². The predicted octanol–water partition coefficient (Wildman–Crippen LogP) is -3.95. The molecule has 0 unspecified atom stereocenters. The number of carboxylic acids is 4. The molecule has 0 N–H and O–H groups in total. The van der Waals surface area contributed by atoms with E-state index in [2.05, 4.69) is 0 Å². The van der Waals surface area contributed by atoms with Gasteiger partial charge in [0, 0.05) is 23.9 Å². The SMILES string of the molecule is CC.CC(=O)[O-].CC(=O)[O-].CC(=O)[O-].CC(=O)[O-]. The molecular formula is C10H18O8-4. The first-order valence-electron chi connectivity index (χ1n) is 4.63. The molecule has 8 heteroatoms. The molecule has 0 fully saturated rings. The number of carbonyl (C=O) groups excluding carboxylic acids is 4. The minimum Gasteiger partial charge on any atom is -0.550 e. The predicted molar refractivity (Wildman–Crippen MR) is 54.1 cm³/mol. The minimum absolute atomic E-state index is 0.972. The van der Waals surface area contributed by atoms with Crippen LogP contribution in [0, 0.1) is 0 Å². The Kier molecular flexibility index (Phi) is 48.5. The third-order valence-corrected chi connectivity index (χ3v) is 0. The van der Waals surface area contributed by atoms with Crippen LogP contribution in [0.5, 0.6) is 0 Å². The second kappa shape index (κ2) is 29.4. The first-order chi connectivity index (χ1) is 7.93. The maximum absolute atomic E-state index is 8.89. The molecule has 0 aliphatic heterocycles. The molecule has 0 amide bonds. The zero-order chi connectivity index (χ0) is 16.3. The van der Waals surface area contributed by atoms with E-state index in [1.165, 1.54) is 0 Å². The molecule has 0 aliphatic carbocycles. The van der Waals surface area contributed by atoms with E-state index in [0.717, 1.165) is 27.7 Å². The number of rotatable bonds is 0. The van der Waals surface area contributed by atoms with Gasteiger partial charge in [-0.25, -0.2) is 0 Å². The minimum atomic E-state index is -1.08. The van der Waals surface area contributed by atoms with Gasteiger partial charge >= 0.3 is 0 Å². The molecule has 0 saturated carbocycles. The molecule has 0 rings (SSSR count). The van der Waals surface area contributed by atoms with Crippen LogP contribution in [0.15, 0.2) is 0 Å². The van der Waals surface area contributed by atoms with Crippen molar-refractivity contribution in [2.24, 2.45) is 0 Å². The molecule has 0 heterocycles. The Labute approximate surface area is 106 Å². The highest BCUT2D eigenvalue weighted by atomic mass is 16.4. The van der Waals surface area contributed by atoms with Crippen LogP contribution in [0.1, 0.15) is 41.5 Å². The van der Waals surface area contributed by atoms with Crippen molar-refractivity contribution in [1.29, 1.82) is 0 Å². The number of aliphatic carboxylic acids is 4. The lowest BCUT2D eigenvalue weighted by Crippen LogP contribution is -2.16. The van der Waals surface area contributed by atoms with E-state index in [9.17, 15) is 0 Å². The Morgan fingerprint density at radius 2 is 0.500 bits per heavy atom. The standard InChI is InChI=1S/4C2H4O2.C2H6/c4*1-2(3)4;1-2/h4*1H3,(H,3,4);1-2H3/p-4. The van der Waals surface area contributed by atoms with Crippen LogP contribution in [-0.4, -0.2) is 23.9 Å². The van der Waals surface area contributed by atoms with Gasteiger partial charge in [0.2, 0.25) is 0 Å². The van der Waals surface area contributed by atoms with Crippen LogP contribution in [-0.2, 0) is 19.2 Å². The van der Waals surface area contributed by atoms with Crippen molar-refractivity contribution in [3.05, 3.63) is 0 Å². The van der Waals surface area contributed by atoms with Gasteiger partial charge in [0.05, 0.1) is 0 Å². The average Bonchev–Trinajstić information content (AvgIpc) is 2.01. The lowest BCUT2D eigenvalue weighted by atomic mass is 10.9. The fourth-order valence-corrected chi connectivity index (χ4v) is 0. The highest BCUT2D eigenvalue weighted by Gasteiger charge is 1.47. The summed E-state index contributed by atoms with van der Waals surface area (Å²) in [6.07, 6.45) is 0. The second-order valence-electron chi connectivity index (χ2n) is 1.97. The fourth-order valence-electron chi connectivity index (χ4n) is 0. The first-order valence-corrected chi connectivity index (χ1v) is 4.63. The van der Waals surface area contributed by atoms with Crippen molar-refractivity contribution in [3.8, 4) is 0 Å². The van der Waals surface area contributed by atoms with Gasteiger partial charge in [-0.05, 0) is 27.7 Å². The van der Waals surface area contributed by atoms with Crippen LogP contribution in [0.4, 0.5) is 0 Å². The zero-order valence-electron chi connectivity index (χ0n) is 11.3. The van der Waals surface area contributed by atoms with Crippen molar-refractivity contribution < 1.29 is 39.6 Å². The van der Waals surface area contributed by atoms with Crippen LogP contribution < -0.4 is 20.4 Å². The highest BCUT2D eigenvalue weighted by Crippen LogP contribution is 1.32. The molecule has 0 aliphatic rings. The molecule has 0 aromatic heterocycles. The normalized spacial score (nSPS) is 5.89. The Morgan fingerprint density at radius 1 is 0.500 bits per heavy atom. The molecule has 0 radical (unpaired) electrons. The Morgan fingerprint density at radius 3 is 0.500 bits per heavy atom. The van der Waals surface area contributed by atoms with E-state index in [1.807, 2.05) is 13.8 Å². The average molecular weight is 266 g/mol. The van der Waals surface area contributed by atoms with Gasteiger partial charge < -0.3 is 39.6 Å². The molecule has 110 valence electrons. The van der Waals surface area contributed by atoms with Crippen molar-refractivity contribution in [3.63, 3.8) is 0 Å². The number of hydrogen-bond acceptors (Lipinski definition) is 8. The zero-order valence-corrected chi connectivity index (χ0v) is 11.3. The number of carboxylic acid groups (broad SMARTS) is 4. The lowest BCUT2D eigenvalue weighted by molar-refractivity contribution is -0.303. The van der Waals surface area contributed by atoms with Gasteiger partial charge in [-0.3, -0.25) is 0 Å². The fraction of sp³-hybridized carbons (Fsp3) is 0.600. The molecular weight excluding hydrogens is 248 g/mol. The molecule has 8 nitrogen and oxygen atoms in total. The molecule has 0 atom stereocenters. The highest BCUT2D eigenvalue weighted by molar-refractivity contribution is 5.61. The summed E-state index contributed by atoms with van der Waals surface area (Å²) in [5.74, 6) is -4.33. The molecule has 0 aromatic carbocycles. The topological polar surface area (TPSA) is 161 Å². The Balaban J connectivity index is -0.0000000399. The van der Waals surface area contributed by atoms with Gasteiger partial charge in [-0.15, -0.1) is 0 Å². The molecule has 0 saturated heterocycles. The molecule has 18 heavy (non-hydrogen) atoms. The van der Waals surface area contributed by atoms with E-state index >= 15 is 0 Å². The Hall–Kier alpha value is -2.12. The molecule has 0 spiro atoms. The van der Waals surface area contributed by atoms with E-state index < -0.39 is 23.9 Å². The van der Waals surface area contributed by atoms with Gasteiger partial charge in [-0.1, -0.05) is 13.8 Å². The third kappa shape index (κ3) is 512. The summed E-state index contributed by atoms with van der Waals surface area (Å²) in [5.41, 5.74) is 0. The first kappa shape index (κ1) is 29.7. The van der Waals surface area contributed by atoms with Crippen molar-refractivity contribution in [1.82, 2.24) is 0 Å². The third-order valence-electron chi connectivity index (χ3n) is 0. The van der Waals surface area contributed by atoms with E-state index in [4.69, 9.17) is 39.6 Å². The molecule has 0 bridgehead atoms. The van der Waals surface area contributed by atoms with Crippen LogP contribution in [0.3, 0.4) is 0 Å². The molecule has 0 aromatic rings. The summed E-state index contributed by atoms with van der Waals surface area (Å²) in [6, 6.07) is 0. The quantitative estimate of drug-likeness (QED) is 0.429. The van der Waals surface area contributed by atoms with Gasteiger partial charge in [-0.2, -0.15) is 0 Å². The van der Waals surface area contributed by atoms with Crippen LogP contribution in [0.25, 0.3) is 0 Å². The van der Waals surface area contributed by atoms with Crippen molar-refractivity contribution in [2.75, 3.05) is 0 Å². The van der Waals surface area contributed by atoms with Gasteiger partial charge in [0.25, 0.3) is 0 Å². The van der Waals surface area contributed by atoms with Gasteiger partial charge in [0.15, 0.2) is 0 Å². The van der Waals surface area contributed by atoms with Crippen LogP contribution in [0.2, 0.25) is 0 Å². The van der Waals surface area contributed by atoms with Crippen molar-refractivity contribution >= 4 is 23.9 Å². The summed E-state index contributed by atoms with van der Waals surface area (Å²) in [7, 11) is 0. The monoisotopic (exact) mass is 266 g/mol. The van der Waals surface area contributed by atoms with E-state index in [-0.39, 0.29) is 0 Å².